The van der Waals surface area contributed by atoms with Crippen molar-refractivity contribution in [3.05, 3.63) is 29.8 Å². The predicted octanol–water partition coefficient (Wildman–Crippen LogP) is 1.83. The van der Waals surface area contributed by atoms with Gasteiger partial charge in [0.25, 0.3) is 5.91 Å². The van der Waals surface area contributed by atoms with Gasteiger partial charge in [0.05, 0.1) is 12.5 Å². The quantitative estimate of drug-likeness (QED) is 0.859. The first-order valence-corrected chi connectivity index (χ1v) is 7.39. The summed E-state index contributed by atoms with van der Waals surface area (Å²) >= 11 is 0. The van der Waals surface area contributed by atoms with Crippen molar-refractivity contribution in [1.82, 2.24) is 5.32 Å². The second kappa shape index (κ2) is 7.11. The van der Waals surface area contributed by atoms with Gasteiger partial charge in [-0.15, -0.1) is 0 Å². The Kier molecular flexibility index (Phi) is 5.20. The molecule has 5 heteroatoms. The molecule has 0 radical (unpaired) electrons. The summed E-state index contributed by atoms with van der Waals surface area (Å²) in [5.41, 5.74) is 1.61. The SMILES string of the molecule is CCOC(=O)C1CCCN(c2cccc(C(=O)NC)c2)C1. The number of hydrogen-bond donors (Lipinski definition) is 1. The molecular formula is C16H22N2O3. The van der Waals surface area contributed by atoms with Gasteiger partial charge in [-0.25, -0.2) is 0 Å². The number of carbonyl (C=O) groups is 2. The van der Waals surface area contributed by atoms with Crippen LogP contribution in [0.15, 0.2) is 24.3 Å². The predicted molar refractivity (Wildman–Crippen MR) is 81.4 cm³/mol. The lowest BCUT2D eigenvalue weighted by Gasteiger charge is -2.33. The van der Waals surface area contributed by atoms with Crippen molar-refractivity contribution in [1.29, 1.82) is 0 Å². The van der Waals surface area contributed by atoms with E-state index in [0.717, 1.165) is 25.1 Å². The first-order valence-electron chi connectivity index (χ1n) is 7.39. The molecule has 5 nitrogen and oxygen atoms in total. The standard InChI is InChI=1S/C16H22N2O3/c1-3-21-16(20)13-7-5-9-18(11-13)14-8-4-6-12(10-14)15(19)17-2/h4,6,8,10,13H,3,5,7,9,11H2,1-2H3,(H,17,19). The van der Waals surface area contributed by atoms with E-state index in [2.05, 4.69) is 10.2 Å². The first kappa shape index (κ1) is 15.4. The van der Waals surface area contributed by atoms with Gasteiger partial charge in [-0.1, -0.05) is 6.07 Å². The Morgan fingerprint density at radius 1 is 1.43 bits per heavy atom. The Labute approximate surface area is 125 Å². The maximum atomic E-state index is 11.9. The zero-order chi connectivity index (χ0) is 15.2. The molecule has 1 atom stereocenters. The van der Waals surface area contributed by atoms with Crippen LogP contribution in [-0.2, 0) is 9.53 Å². The summed E-state index contributed by atoms with van der Waals surface area (Å²) in [4.78, 5) is 25.7. The fraction of sp³-hybridized carbons (Fsp3) is 0.500. The molecule has 1 aromatic rings. The number of nitrogens with zero attached hydrogens (tertiary/aromatic N) is 1. The van der Waals surface area contributed by atoms with Crippen LogP contribution in [-0.4, -0.2) is 38.6 Å². The highest BCUT2D eigenvalue weighted by atomic mass is 16.5. The molecule has 21 heavy (non-hydrogen) atoms. The van der Waals surface area contributed by atoms with Crippen LogP contribution >= 0.6 is 0 Å². The number of nitrogens with one attached hydrogen (secondary N) is 1. The monoisotopic (exact) mass is 290 g/mol. The second-order valence-corrected chi connectivity index (χ2v) is 5.17. The molecule has 0 bridgehead atoms. The number of amides is 1. The van der Waals surface area contributed by atoms with Crippen molar-refractivity contribution < 1.29 is 14.3 Å². The maximum absolute atomic E-state index is 11.9. The van der Waals surface area contributed by atoms with Crippen molar-refractivity contribution in [2.45, 2.75) is 19.8 Å². The lowest BCUT2D eigenvalue weighted by molar-refractivity contribution is -0.148. The largest absolute Gasteiger partial charge is 0.466 e. The molecule has 1 aromatic carbocycles. The minimum Gasteiger partial charge on any atom is -0.466 e. The van der Waals surface area contributed by atoms with E-state index in [1.807, 2.05) is 25.1 Å². The average molecular weight is 290 g/mol. The third kappa shape index (κ3) is 3.74. The van der Waals surface area contributed by atoms with E-state index in [-0.39, 0.29) is 17.8 Å². The Hall–Kier alpha value is -2.04. The molecule has 1 fully saturated rings. The number of esters is 1. The summed E-state index contributed by atoms with van der Waals surface area (Å²) in [6, 6.07) is 7.50. The van der Waals surface area contributed by atoms with E-state index in [9.17, 15) is 9.59 Å². The van der Waals surface area contributed by atoms with E-state index in [1.54, 1.807) is 13.1 Å². The fourth-order valence-corrected chi connectivity index (χ4v) is 2.65. The molecule has 0 aliphatic carbocycles. The van der Waals surface area contributed by atoms with Gasteiger partial charge in [-0.2, -0.15) is 0 Å². The van der Waals surface area contributed by atoms with Crippen LogP contribution in [0.4, 0.5) is 5.69 Å². The lowest BCUT2D eigenvalue weighted by atomic mass is 9.97. The number of rotatable bonds is 4. The molecule has 0 aromatic heterocycles. The van der Waals surface area contributed by atoms with Gasteiger partial charge < -0.3 is 15.0 Å². The number of benzene rings is 1. The van der Waals surface area contributed by atoms with Crippen LogP contribution < -0.4 is 10.2 Å². The van der Waals surface area contributed by atoms with Crippen molar-refractivity contribution >= 4 is 17.6 Å². The molecule has 1 saturated heterocycles. The lowest BCUT2D eigenvalue weighted by Crippen LogP contribution is -2.39. The van der Waals surface area contributed by atoms with Gasteiger partial charge in [0.2, 0.25) is 0 Å². The average Bonchev–Trinajstić information content (AvgIpc) is 2.54. The van der Waals surface area contributed by atoms with Crippen molar-refractivity contribution in [3.8, 4) is 0 Å². The van der Waals surface area contributed by atoms with Crippen LogP contribution in [0.25, 0.3) is 0 Å². The Morgan fingerprint density at radius 2 is 2.24 bits per heavy atom. The minimum absolute atomic E-state index is 0.0812. The molecule has 1 amide bonds. The van der Waals surface area contributed by atoms with E-state index >= 15 is 0 Å². The van der Waals surface area contributed by atoms with Crippen molar-refractivity contribution in [3.63, 3.8) is 0 Å². The number of piperidine rings is 1. The van der Waals surface area contributed by atoms with Gasteiger partial charge in [0.15, 0.2) is 0 Å². The zero-order valence-corrected chi connectivity index (χ0v) is 12.6. The first-order chi connectivity index (χ1) is 10.2. The summed E-state index contributed by atoms with van der Waals surface area (Å²) < 4.78 is 5.12. The summed E-state index contributed by atoms with van der Waals surface area (Å²) in [5.74, 6) is -0.303. The molecule has 1 N–H and O–H groups in total. The normalized spacial score (nSPS) is 18.2. The van der Waals surface area contributed by atoms with Gasteiger partial charge in [0, 0.05) is 31.4 Å². The number of hydrogen-bond acceptors (Lipinski definition) is 4. The Bertz CT molecular complexity index is 516. The van der Waals surface area contributed by atoms with E-state index in [0.29, 0.717) is 18.7 Å². The van der Waals surface area contributed by atoms with Gasteiger partial charge >= 0.3 is 5.97 Å². The van der Waals surface area contributed by atoms with Crippen LogP contribution in [0, 0.1) is 5.92 Å². The van der Waals surface area contributed by atoms with Crippen LogP contribution in [0.5, 0.6) is 0 Å². The van der Waals surface area contributed by atoms with Crippen LogP contribution in [0.2, 0.25) is 0 Å². The summed E-state index contributed by atoms with van der Waals surface area (Å²) in [6.45, 7) is 3.79. The Balaban J connectivity index is 2.10. The highest BCUT2D eigenvalue weighted by Gasteiger charge is 2.27. The minimum atomic E-state index is -0.121. The second-order valence-electron chi connectivity index (χ2n) is 5.17. The topological polar surface area (TPSA) is 58.6 Å². The van der Waals surface area contributed by atoms with Gasteiger partial charge in [0.1, 0.15) is 0 Å². The van der Waals surface area contributed by atoms with Crippen LogP contribution in [0.3, 0.4) is 0 Å². The molecule has 114 valence electrons. The summed E-state index contributed by atoms with van der Waals surface area (Å²) in [7, 11) is 1.62. The summed E-state index contributed by atoms with van der Waals surface area (Å²) in [5, 5.41) is 2.62. The third-order valence-corrected chi connectivity index (χ3v) is 3.74. The van der Waals surface area contributed by atoms with Crippen molar-refractivity contribution in [2.75, 3.05) is 31.6 Å². The fourth-order valence-electron chi connectivity index (χ4n) is 2.65. The van der Waals surface area contributed by atoms with Gasteiger partial charge in [-0.05, 0) is 38.0 Å². The summed E-state index contributed by atoms with van der Waals surface area (Å²) in [6.07, 6.45) is 1.82. The smallest absolute Gasteiger partial charge is 0.310 e. The van der Waals surface area contributed by atoms with E-state index in [4.69, 9.17) is 4.74 Å². The maximum Gasteiger partial charge on any atom is 0.310 e. The molecule has 0 spiro atoms. The molecule has 1 aliphatic heterocycles. The van der Waals surface area contributed by atoms with E-state index in [1.165, 1.54) is 0 Å². The highest BCUT2D eigenvalue weighted by Crippen LogP contribution is 2.24. The van der Waals surface area contributed by atoms with Crippen LogP contribution in [0.1, 0.15) is 30.1 Å². The number of ether oxygens (including phenoxy) is 1. The number of anilines is 1. The molecule has 2 rings (SSSR count). The van der Waals surface area contributed by atoms with E-state index < -0.39 is 0 Å². The molecule has 0 saturated carbocycles. The molecule has 1 heterocycles. The van der Waals surface area contributed by atoms with Gasteiger partial charge in [-0.3, -0.25) is 9.59 Å². The Morgan fingerprint density at radius 3 is 2.95 bits per heavy atom. The highest BCUT2D eigenvalue weighted by molar-refractivity contribution is 5.94. The van der Waals surface area contributed by atoms with Crippen molar-refractivity contribution in [2.24, 2.45) is 5.92 Å². The number of carbonyl (C=O) groups excluding carboxylic acids is 2. The molecule has 1 unspecified atom stereocenters. The third-order valence-electron chi connectivity index (χ3n) is 3.74. The molecular weight excluding hydrogens is 268 g/mol. The zero-order valence-electron chi connectivity index (χ0n) is 12.6. The molecule has 1 aliphatic rings.